The Balaban J connectivity index is 1.12. The number of fused-ring (bicyclic) bond motifs is 2. The number of aryl methyl sites for hydroxylation is 2. The van der Waals surface area contributed by atoms with Crippen LogP contribution in [0.5, 0.6) is 0 Å². The number of amides is 2. The third-order valence-electron chi connectivity index (χ3n) is 10.9. The Morgan fingerprint density at radius 2 is 1.89 bits per heavy atom. The lowest BCUT2D eigenvalue weighted by Crippen LogP contribution is -2.53. The van der Waals surface area contributed by atoms with Gasteiger partial charge < -0.3 is 15.2 Å². The van der Waals surface area contributed by atoms with Gasteiger partial charge in [0.1, 0.15) is 17.2 Å². The molecule has 2 amide bonds. The molecule has 3 aliphatic carbocycles. The Labute approximate surface area is 253 Å². The number of hydrogen-bond donors (Lipinski definition) is 1. The molecule has 1 aromatic carbocycles. The van der Waals surface area contributed by atoms with E-state index in [1.807, 2.05) is 41.9 Å². The van der Waals surface area contributed by atoms with E-state index in [9.17, 15) is 14.0 Å². The van der Waals surface area contributed by atoms with Crippen LogP contribution in [0.3, 0.4) is 0 Å². The maximum Gasteiger partial charge on any atom is 0.255 e. The summed E-state index contributed by atoms with van der Waals surface area (Å²) in [6.45, 7) is 5.62. The van der Waals surface area contributed by atoms with Crippen LogP contribution in [0.15, 0.2) is 48.7 Å². The normalized spacial score (nSPS) is 23.6. The van der Waals surface area contributed by atoms with E-state index in [1.165, 1.54) is 31.4 Å². The molecule has 1 aliphatic heterocycles. The van der Waals surface area contributed by atoms with Crippen molar-refractivity contribution in [3.05, 3.63) is 76.7 Å². The van der Waals surface area contributed by atoms with E-state index in [0.717, 1.165) is 70.4 Å². The third kappa shape index (κ3) is 3.67. The van der Waals surface area contributed by atoms with Crippen LogP contribution in [0.1, 0.15) is 57.5 Å². The summed E-state index contributed by atoms with van der Waals surface area (Å²) in [6.07, 6.45) is 6.69. The second kappa shape index (κ2) is 9.00. The largest absolute Gasteiger partial charge is 0.366 e. The zero-order valence-corrected chi connectivity index (χ0v) is 24.8. The maximum absolute atomic E-state index is 14.8. The predicted octanol–water partition coefficient (Wildman–Crippen LogP) is 5.76. The molecule has 4 aliphatic rings. The van der Waals surface area contributed by atoms with Gasteiger partial charge in [-0.15, -0.1) is 0 Å². The van der Waals surface area contributed by atoms with Crippen LogP contribution < -0.4 is 5.73 Å². The van der Waals surface area contributed by atoms with Crippen molar-refractivity contribution in [1.82, 2.24) is 24.1 Å². The Kier molecular flexibility index (Phi) is 5.30. The number of carbonyl (C=O) groups is 2. The average Bonchev–Trinajstić information content (AvgIpc) is 3.67. The van der Waals surface area contributed by atoms with Crippen molar-refractivity contribution in [2.45, 2.75) is 52.1 Å². The molecule has 5 heterocycles. The molecule has 0 radical (unpaired) electrons. The highest BCUT2D eigenvalue weighted by molar-refractivity contribution is 5.96. The topological polar surface area (TPSA) is 98.5 Å². The molecular weight excluding hydrogens is 555 g/mol. The van der Waals surface area contributed by atoms with Crippen LogP contribution in [-0.4, -0.2) is 48.5 Å². The number of benzene rings is 1. The first-order chi connectivity index (χ1) is 21.2. The van der Waals surface area contributed by atoms with Gasteiger partial charge >= 0.3 is 0 Å². The molecule has 2 N–H and O–H groups in total. The van der Waals surface area contributed by atoms with Gasteiger partial charge in [-0.25, -0.2) is 13.9 Å². The van der Waals surface area contributed by atoms with E-state index >= 15 is 0 Å². The van der Waals surface area contributed by atoms with Crippen molar-refractivity contribution < 1.29 is 14.0 Å². The first-order valence-electron chi connectivity index (χ1n) is 15.7. The smallest absolute Gasteiger partial charge is 0.255 e. The lowest BCUT2D eigenvalue weighted by atomic mass is 9.53. The van der Waals surface area contributed by atoms with Crippen LogP contribution in [0, 0.1) is 43.3 Å². The number of likely N-dealkylation sites (tertiary alicyclic amines) is 1. The number of nitrogens with zero attached hydrogens (tertiary/aromatic N) is 5. The monoisotopic (exact) mass is 588 g/mol. The van der Waals surface area contributed by atoms with Crippen molar-refractivity contribution in [2.24, 2.45) is 29.4 Å². The van der Waals surface area contributed by atoms with Gasteiger partial charge in [0, 0.05) is 41.8 Å². The second-order valence-corrected chi connectivity index (χ2v) is 13.5. The molecule has 3 unspecified atom stereocenters. The fraction of sp³-hybridized carbons (Fsp3) is 0.371. The van der Waals surface area contributed by atoms with Gasteiger partial charge in [-0.2, -0.15) is 5.10 Å². The van der Waals surface area contributed by atoms with E-state index in [4.69, 9.17) is 15.8 Å². The van der Waals surface area contributed by atoms with E-state index < -0.39 is 11.7 Å². The molecule has 0 bridgehead atoms. The fourth-order valence-electron chi connectivity index (χ4n) is 8.27. The quantitative estimate of drug-likeness (QED) is 0.273. The molecule has 4 aromatic heterocycles. The summed E-state index contributed by atoms with van der Waals surface area (Å²) in [6, 6.07) is 13.3. The number of hydrogen-bond acceptors (Lipinski definition) is 4. The molecule has 4 atom stereocenters. The Morgan fingerprint density at radius 1 is 1.05 bits per heavy atom. The zero-order valence-electron chi connectivity index (χ0n) is 24.8. The number of aromatic nitrogens is 4. The molecule has 222 valence electrons. The lowest BCUT2D eigenvalue weighted by molar-refractivity contribution is -0.0204. The van der Waals surface area contributed by atoms with Crippen LogP contribution in [0.2, 0.25) is 0 Å². The molecule has 0 spiro atoms. The van der Waals surface area contributed by atoms with Gasteiger partial charge in [-0.3, -0.25) is 9.59 Å². The zero-order chi connectivity index (χ0) is 30.0. The lowest BCUT2D eigenvalue weighted by Gasteiger charge is -2.52. The summed E-state index contributed by atoms with van der Waals surface area (Å²) in [5.74, 6) is 1.54. The number of rotatable bonds is 6. The van der Waals surface area contributed by atoms with Gasteiger partial charge in [-0.1, -0.05) is 0 Å². The summed E-state index contributed by atoms with van der Waals surface area (Å²) in [5, 5.41) is 6.02. The number of halogens is 1. The van der Waals surface area contributed by atoms with Crippen LogP contribution in [0.25, 0.3) is 39.2 Å². The standard InChI is InChI=1S/C35H33FN6O2/c1-17-9-25(33(37)43)26(36)13-24(17)27-7-5-20-11-30(40(34(20)38-27)14-19-3-4-19)32-18(2)28-8-6-21(16-42(28)39-32)35(44)41-15-23-10-22-12-29(41)31(22)23/h5-9,11,13,16,19,22-23,29,31H,3-4,10,12,14-15H2,1-2H3,(H2,37,43)/t22?,23?,29?,31-/m1/s1. The van der Waals surface area contributed by atoms with E-state index in [2.05, 4.69) is 22.5 Å². The minimum atomic E-state index is -0.790. The Bertz CT molecular complexity index is 2070. The average molecular weight is 589 g/mol. The van der Waals surface area contributed by atoms with Crippen molar-refractivity contribution >= 4 is 28.4 Å². The minimum absolute atomic E-state index is 0.120. The highest BCUT2D eigenvalue weighted by Crippen LogP contribution is 2.60. The SMILES string of the molecule is Cc1cc(C(N)=O)c(F)cc1-c1ccc2cc(-c3nn4cc(C(=O)N5CC6CC7CC5[C@H]76)ccc4c3C)n(CC3CC3)c2n1. The number of carbonyl (C=O) groups excluding carboxylic acids is 2. The molecule has 8 nitrogen and oxygen atoms in total. The Hall–Kier alpha value is -4.53. The van der Waals surface area contributed by atoms with Crippen molar-refractivity contribution in [3.63, 3.8) is 0 Å². The summed E-state index contributed by atoms with van der Waals surface area (Å²) in [4.78, 5) is 32.4. The molecule has 9 heteroatoms. The molecule has 5 aromatic rings. The van der Waals surface area contributed by atoms with Gasteiger partial charge in [0.2, 0.25) is 0 Å². The van der Waals surface area contributed by atoms with E-state index in [1.54, 1.807) is 0 Å². The molecule has 4 fully saturated rings. The number of nitrogens with two attached hydrogens (primary N) is 1. The molecule has 44 heavy (non-hydrogen) atoms. The first kappa shape index (κ1) is 25.9. The van der Waals surface area contributed by atoms with Gasteiger partial charge in [0.15, 0.2) is 0 Å². The first-order valence-corrected chi connectivity index (χ1v) is 15.7. The Morgan fingerprint density at radius 3 is 2.64 bits per heavy atom. The second-order valence-electron chi connectivity index (χ2n) is 13.5. The van der Waals surface area contributed by atoms with Crippen LogP contribution >= 0.6 is 0 Å². The molecular formula is C35H33FN6O2. The van der Waals surface area contributed by atoms with Crippen molar-refractivity contribution in [2.75, 3.05) is 6.54 Å². The predicted molar refractivity (Wildman–Crippen MR) is 165 cm³/mol. The van der Waals surface area contributed by atoms with Crippen molar-refractivity contribution in [1.29, 1.82) is 0 Å². The number of pyridine rings is 2. The summed E-state index contributed by atoms with van der Waals surface area (Å²) in [5.41, 5.74) is 12.6. The summed E-state index contributed by atoms with van der Waals surface area (Å²) in [7, 11) is 0. The molecule has 3 saturated carbocycles. The highest BCUT2D eigenvalue weighted by Gasteiger charge is 2.61. The summed E-state index contributed by atoms with van der Waals surface area (Å²) < 4.78 is 18.9. The molecule has 9 rings (SSSR count). The third-order valence-corrected chi connectivity index (χ3v) is 10.9. The van der Waals surface area contributed by atoms with Gasteiger partial charge in [0.25, 0.3) is 11.8 Å². The van der Waals surface area contributed by atoms with Crippen molar-refractivity contribution in [3.8, 4) is 22.6 Å². The highest BCUT2D eigenvalue weighted by atomic mass is 19.1. The van der Waals surface area contributed by atoms with Gasteiger partial charge in [-0.05, 0) is 111 Å². The van der Waals surface area contributed by atoms with Crippen LogP contribution in [-0.2, 0) is 6.54 Å². The fourth-order valence-corrected chi connectivity index (χ4v) is 8.27. The van der Waals surface area contributed by atoms with Gasteiger partial charge in [0.05, 0.1) is 28.0 Å². The van der Waals surface area contributed by atoms with E-state index in [-0.39, 0.29) is 11.5 Å². The van der Waals surface area contributed by atoms with E-state index in [0.29, 0.717) is 34.7 Å². The minimum Gasteiger partial charge on any atom is -0.366 e. The van der Waals surface area contributed by atoms with Crippen LogP contribution in [0.4, 0.5) is 4.39 Å². The summed E-state index contributed by atoms with van der Waals surface area (Å²) >= 11 is 0. The molecule has 1 saturated heterocycles. The number of primary amides is 1. The maximum atomic E-state index is 14.8.